The minimum Gasteiger partial charge on any atom is -0.493 e. The summed E-state index contributed by atoms with van der Waals surface area (Å²) in [7, 11) is 3.25. The van der Waals surface area contributed by atoms with Crippen molar-refractivity contribution in [2.24, 2.45) is 4.99 Å². The van der Waals surface area contributed by atoms with Crippen molar-refractivity contribution in [3.63, 3.8) is 0 Å². The Morgan fingerprint density at radius 1 is 1.14 bits per heavy atom. The highest BCUT2D eigenvalue weighted by Crippen LogP contribution is 2.38. The predicted molar refractivity (Wildman–Crippen MR) is 116 cm³/mol. The number of benzene rings is 1. The zero-order chi connectivity index (χ0) is 20.4. The van der Waals surface area contributed by atoms with Gasteiger partial charge in [0, 0.05) is 13.1 Å². The molecule has 1 aromatic carbocycles. The van der Waals surface area contributed by atoms with E-state index < -0.39 is 0 Å². The molecule has 0 amide bonds. The molecule has 0 fully saturated rings. The van der Waals surface area contributed by atoms with Crippen LogP contribution in [0.3, 0.4) is 0 Å². The SMILES string of the molecule is CCNC(=NCc1cc(OC)c(OCC)c(OC)c1)NCC(C)c1ccsc1. The third-order valence-corrected chi connectivity index (χ3v) is 4.96. The van der Waals surface area contributed by atoms with Crippen LogP contribution in [0.2, 0.25) is 0 Å². The fraction of sp³-hybridized carbons (Fsp3) is 0.476. The molecule has 154 valence electrons. The van der Waals surface area contributed by atoms with E-state index in [-0.39, 0.29) is 0 Å². The molecule has 6 nitrogen and oxygen atoms in total. The Hall–Kier alpha value is -2.41. The maximum Gasteiger partial charge on any atom is 0.203 e. The molecular weight excluding hydrogens is 374 g/mol. The van der Waals surface area contributed by atoms with Crippen LogP contribution in [0, 0.1) is 0 Å². The molecule has 1 atom stereocenters. The summed E-state index contributed by atoms with van der Waals surface area (Å²) in [6, 6.07) is 6.04. The van der Waals surface area contributed by atoms with Gasteiger partial charge in [-0.25, -0.2) is 4.99 Å². The number of aliphatic imine (C=N–C) groups is 1. The zero-order valence-electron chi connectivity index (χ0n) is 17.4. The van der Waals surface area contributed by atoms with Crippen LogP contribution in [-0.2, 0) is 6.54 Å². The normalized spacial score (nSPS) is 12.4. The molecule has 2 aromatic rings. The largest absolute Gasteiger partial charge is 0.493 e. The first-order valence-corrected chi connectivity index (χ1v) is 10.5. The zero-order valence-corrected chi connectivity index (χ0v) is 18.2. The van der Waals surface area contributed by atoms with Gasteiger partial charge in [0.1, 0.15) is 0 Å². The molecule has 0 saturated carbocycles. The number of hydrogen-bond acceptors (Lipinski definition) is 5. The van der Waals surface area contributed by atoms with E-state index in [0.717, 1.165) is 24.6 Å². The molecule has 0 bridgehead atoms. The fourth-order valence-corrected chi connectivity index (χ4v) is 3.53. The van der Waals surface area contributed by atoms with E-state index in [0.29, 0.717) is 36.3 Å². The first kappa shape index (κ1) is 21.9. The Bertz CT molecular complexity index is 722. The lowest BCUT2D eigenvalue weighted by atomic mass is 10.1. The summed E-state index contributed by atoms with van der Waals surface area (Å²) in [6.07, 6.45) is 0. The van der Waals surface area contributed by atoms with Crippen LogP contribution in [0.4, 0.5) is 0 Å². The first-order valence-electron chi connectivity index (χ1n) is 9.54. The molecule has 0 aliphatic carbocycles. The summed E-state index contributed by atoms with van der Waals surface area (Å²) < 4.78 is 16.6. The Kier molecular flexibility index (Phi) is 8.94. The van der Waals surface area contributed by atoms with E-state index in [1.54, 1.807) is 25.6 Å². The summed E-state index contributed by atoms with van der Waals surface area (Å²) in [5, 5.41) is 11.0. The number of guanidine groups is 1. The maximum atomic E-state index is 5.66. The van der Waals surface area contributed by atoms with Crippen molar-refractivity contribution in [3.8, 4) is 17.2 Å². The molecule has 1 unspecified atom stereocenters. The molecule has 1 heterocycles. The minimum absolute atomic E-state index is 0.417. The van der Waals surface area contributed by atoms with Crippen LogP contribution in [0.15, 0.2) is 34.0 Å². The van der Waals surface area contributed by atoms with Gasteiger partial charge in [-0.3, -0.25) is 0 Å². The Morgan fingerprint density at radius 3 is 2.39 bits per heavy atom. The van der Waals surface area contributed by atoms with Gasteiger partial charge in [-0.15, -0.1) is 0 Å². The number of methoxy groups -OCH3 is 2. The van der Waals surface area contributed by atoms with Crippen molar-refractivity contribution in [2.75, 3.05) is 33.9 Å². The van der Waals surface area contributed by atoms with Gasteiger partial charge < -0.3 is 24.8 Å². The Balaban J connectivity index is 2.10. The molecule has 28 heavy (non-hydrogen) atoms. The average molecular weight is 406 g/mol. The highest BCUT2D eigenvalue weighted by molar-refractivity contribution is 7.07. The number of rotatable bonds is 10. The number of hydrogen-bond donors (Lipinski definition) is 2. The van der Waals surface area contributed by atoms with Gasteiger partial charge in [-0.1, -0.05) is 6.92 Å². The number of nitrogens with zero attached hydrogens (tertiary/aromatic N) is 1. The van der Waals surface area contributed by atoms with E-state index in [4.69, 9.17) is 19.2 Å². The highest BCUT2D eigenvalue weighted by Gasteiger charge is 2.14. The lowest BCUT2D eigenvalue weighted by Gasteiger charge is -2.16. The fourth-order valence-electron chi connectivity index (χ4n) is 2.75. The molecule has 1 aromatic heterocycles. The van der Waals surface area contributed by atoms with E-state index >= 15 is 0 Å². The molecule has 0 radical (unpaired) electrons. The summed E-state index contributed by atoms with van der Waals surface area (Å²) in [4.78, 5) is 4.71. The van der Waals surface area contributed by atoms with Gasteiger partial charge in [-0.2, -0.15) is 11.3 Å². The van der Waals surface area contributed by atoms with Crippen molar-refractivity contribution < 1.29 is 14.2 Å². The van der Waals surface area contributed by atoms with Gasteiger partial charge in [0.25, 0.3) is 0 Å². The third kappa shape index (κ3) is 6.05. The van der Waals surface area contributed by atoms with E-state index in [9.17, 15) is 0 Å². The molecule has 7 heteroatoms. The summed E-state index contributed by atoms with van der Waals surface area (Å²) >= 11 is 1.72. The average Bonchev–Trinajstić information content (AvgIpc) is 3.25. The standard InChI is InChI=1S/C21H31N3O3S/c1-6-22-21(23-12-15(3)17-8-9-28-14-17)24-13-16-10-18(25-4)20(27-7-2)19(11-16)26-5/h8-11,14-15H,6-7,12-13H2,1-5H3,(H2,22,23,24). The second-order valence-electron chi connectivity index (χ2n) is 6.30. The van der Waals surface area contributed by atoms with Crippen molar-refractivity contribution in [2.45, 2.75) is 33.2 Å². The Morgan fingerprint density at radius 2 is 1.86 bits per heavy atom. The van der Waals surface area contributed by atoms with Crippen molar-refractivity contribution >= 4 is 17.3 Å². The summed E-state index contributed by atoms with van der Waals surface area (Å²) in [6.45, 7) is 8.86. The molecule has 0 spiro atoms. The van der Waals surface area contributed by atoms with Crippen molar-refractivity contribution in [1.82, 2.24) is 10.6 Å². The van der Waals surface area contributed by atoms with Crippen molar-refractivity contribution in [3.05, 3.63) is 40.1 Å². The van der Waals surface area contributed by atoms with Crippen LogP contribution < -0.4 is 24.8 Å². The summed E-state index contributed by atoms with van der Waals surface area (Å²) in [5.74, 6) is 3.12. The molecule has 0 aliphatic rings. The van der Waals surface area contributed by atoms with Crippen molar-refractivity contribution in [1.29, 1.82) is 0 Å². The van der Waals surface area contributed by atoms with E-state index in [1.807, 2.05) is 19.1 Å². The number of nitrogens with one attached hydrogen (secondary N) is 2. The molecule has 0 saturated heterocycles. The van der Waals surface area contributed by atoms with Gasteiger partial charge in [0.05, 0.1) is 27.4 Å². The molecule has 2 rings (SSSR count). The van der Waals surface area contributed by atoms with Crippen LogP contribution in [0.25, 0.3) is 0 Å². The quantitative estimate of drug-likeness (QED) is 0.462. The first-order chi connectivity index (χ1) is 13.6. The second-order valence-corrected chi connectivity index (χ2v) is 7.08. The summed E-state index contributed by atoms with van der Waals surface area (Å²) in [5.41, 5.74) is 2.33. The highest BCUT2D eigenvalue weighted by atomic mass is 32.1. The number of ether oxygens (including phenoxy) is 3. The van der Waals surface area contributed by atoms with Crippen LogP contribution in [-0.4, -0.2) is 39.9 Å². The van der Waals surface area contributed by atoms with E-state index in [1.165, 1.54) is 5.56 Å². The number of thiophene rings is 1. The minimum atomic E-state index is 0.417. The van der Waals surface area contributed by atoms with E-state index in [2.05, 4.69) is 41.3 Å². The van der Waals surface area contributed by atoms with Gasteiger partial charge in [0.15, 0.2) is 17.5 Å². The topological polar surface area (TPSA) is 64.1 Å². The maximum absolute atomic E-state index is 5.66. The van der Waals surface area contributed by atoms with Crippen LogP contribution >= 0.6 is 11.3 Å². The lowest BCUT2D eigenvalue weighted by Crippen LogP contribution is -2.39. The molecule has 2 N–H and O–H groups in total. The lowest BCUT2D eigenvalue weighted by molar-refractivity contribution is 0.288. The Labute approximate surface area is 171 Å². The smallest absolute Gasteiger partial charge is 0.203 e. The molecular formula is C21H31N3O3S. The molecule has 0 aliphatic heterocycles. The van der Waals surface area contributed by atoms with Gasteiger partial charge in [-0.05, 0) is 59.9 Å². The second kappa shape index (κ2) is 11.4. The third-order valence-electron chi connectivity index (χ3n) is 4.26. The van der Waals surface area contributed by atoms with Crippen LogP contribution in [0.5, 0.6) is 17.2 Å². The van der Waals surface area contributed by atoms with Gasteiger partial charge in [0.2, 0.25) is 5.75 Å². The van der Waals surface area contributed by atoms with Gasteiger partial charge >= 0.3 is 0 Å². The predicted octanol–water partition coefficient (Wildman–Crippen LogP) is 4.02. The monoisotopic (exact) mass is 405 g/mol. The van der Waals surface area contributed by atoms with Crippen LogP contribution in [0.1, 0.15) is 37.8 Å².